The first-order valence-electron chi connectivity index (χ1n) is 8.92. The Hall–Kier alpha value is -2.69. The summed E-state index contributed by atoms with van der Waals surface area (Å²) in [6, 6.07) is 13.9. The van der Waals surface area contributed by atoms with E-state index in [1.54, 1.807) is 14.2 Å². The van der Waals surface area contributed by atoms with Gasteiger partial charge < -0.3 is 19.7 Å². The van der Waals surface area contributed by atoms with Crippen molar-refractivity contribution >= 4 is 6.03 Å². The number of carbonyl (C=O) groups excluding carboxylic acids is 1. The summed E-state index contributed by atoms with van der Waals surface area (Å²) < 4.78 is 10.8. The van der Waals surface area contributed by atoms with Gasteiger partial charge in [0.2, 0.25) is 0 Å². The number of urea groups is 1. The summed E-state index contributed by atoms with van der Waals surface area (Å²) >= 11 is 0. The summed E-state index contributed by atoms with van der Waals surface area (Å²) in [7, 11) is 3.27. The van der Waals surface area contributed by atoms with Crippen molar-refractivity contribution < 1.29 is 14.3 Å². The molecule has 0 bridgehead atoms. The number of carbonyl (C=O) groups is 1. The number of methoxy groups -OCH3 is 2. The standard InChI is InChI=1S/C21H26N2O3/c1-14(16-8-6-5-7-9-16)22-21(24)23-11-10-17-12-19(25-3)20(26-4)13-18(17)15(23)2/h5-9,12-15H,10-11H2,1-4H3,(H,22,24). The molecule has 1 N–H and O–H groups in total. The molecule has 0 spiro atoms. The van der Waals surface area contributed by atoms with Crippen LogP contribution in [0.3, 0.4) is 0 Å². The Kier molecular flexibility index (Phi) is 5.35. The molecule has 0 aliphatic carbocycles. The minimum atomic E-state index is -0.0470. The molecule has 0 saturated heterocycles. The van der Waals surface area contributed by atoms with Crippen LogP contribution < -0.4 is 14.8 Å². The van der Waals surface area contributed by atoms with Gasteiger partial charge in [0.25, 0.3) is 0 Å². The summed E-state index contributed by atoms with van der Waals surface area (Å²) in [6.07, 6.45) is 0.799. The SMILES string of the molecule is COc1cc2c(cc1OC)C(C)N(C(=O)NC(C)c1ccccc1)CC2. The van der Waals surface area contributed by atoms with Gasteiger partial charge in [0.05, 0.1) is 26.3 Å². The van der Waals surface area contributed by atoms with E-state index in [9.17, 15) is 4.79 Å². The van der Waals surface area contributed by atoms with Crippen LogP contribution in [0.5, 0.6) is 11.5 Å². The molecular formula is C21H26N2O3. The van der Waals surface area contributed by atoms with Crippen molar-refractivity contribution in [2.75, 3.05) is 20.8 Å². The van der Waals surface area contributed by atoms with Crippen LogP contribution >= 0.6 is 0 Å². The third kappa shape index (κ3) is 3.47. The highest BCUT2D eigenvalue weighted by molar-refractivity contribution is 5.76. The number of benzene rings is 2. The zero-order valence-corrected chi connectivity index (χ0v) is 15.8. The predicted molar refractivity (Wildman–Crippen MR) is 102 cm³/mol. The monoisotopic (exact) mass is 354 g/mol. The summed E-state index contributed by atoms with van der Waals surface area (Å²) in [4.78, 5) is 14.7. The van der Waals surface area contributed by atoms with E-state index >= 15 is 0 Å². The minimum absolute atomic E-state index is 0.0264. The number of hydrogen-bond donors (Lipinski definition) is 1. The molecule has 2 aromatic carbocycles. The van der Waals surface area contributed by atoms with Crippen LogP contribution in [0.25, 0.3) is 0 Å². The Morgan fingerprint density at radius 3 is 2.46 bits per heavy atom. The van der Waals surface area contributed by atoms with Crippen molar-refractivity contribution in [3.05, 3.63) is 59.2 Å². The lowest BCUT2D eigenvalue weighted by atomic mass is 9.93. The summed E-state index contributed by atoms with van der Waals surface area (Å²) in [5.74, 6) is 1.42. The van der Waals surface area contributed by atoms with E-state index in [4.69, 9.17) is 9.47 Å². The largest absolute Gasteiger partial charge is 0.493 e. The molecule has 0 saturated carbocycles. The molecule has 0 radical (unpaired) electrons. The quantitative estimate of drug-likeness (QED) is 0.899. The zero-order chi connectivity index (χ0) is 18.7. The molecule has 26 heavy (non-hydrogen) atoms. The Labute approximate surface area is 154 Å². The minimum Gasteiger partial charge on any atom is -0.493 e. The van der Waals surface area contributed by atoms with E-state index in [-0.39, 0.29) is 18.1 Å². The molecule has 2 amide bonds. The average molecular weight is 354 g/mol. The lowest BCUT2D eigenvalue weighted by Crippen LogP contribution is -2.45. The van der Waals surface area contributed by atoms with Gasteiger partial charge in [-0.05, 0) is 49.1 Å². The van der Waals surface area contributed by atoms with E-state index in [0.29, 0.717) is 12.3 Å². The van der Waals surface area contributed by atoms with E-state index in [1.807, 2.05) is 54.3 Å². The van der Waals surface area contributed by atoms with Crippen LogP contribution in [0.1, 0.15) is 42.6 Å². The molecule has 1 heterocycles. The number of nitrogens with one attached hydrogen (secondary N) is 1. The van der Waals surface area contributed by atoms with Crippen LogP contribution in [0.4, 0.5) is 4.79 Å². The summed E-state index contributed by atoms with van der Waals surface area (Å²) in [5, 5.41) is 3.11. The van der Waals surface area contributed by atoms with Crippen molar-refractivity contribution in [1.82, 2.24) is 10.2 Å². The fourth-order valence-corrected chi connectivity index (χ4v) is 3.52. The van der Waals surface area contributed by atoms with Gasteiger partial charge in [-0.1, -0.05) is 30.3 Å². The number of hydrogen-bond acceptors (Lipinski definition) is 3. The van der Waals surface area contributed by atoms with Gasteiger partial charge in [-0.3, -0.25) is 0 Å². The third-order valence-electron chi connectivity index (χ3n) is 5.09. The van der Waals surface area contributed by atoms with Crippen molar-refractivity contribution in [2.45, 2.75) is 32.4 Å². The Bertz CT molecular complexity index is 776. The van der Waals surface area contributed by atoms with Gasteiger partial charge in [-0.25, -0.2) is 4.79 Å². The van der Waals surface area contributed by atoms with Crippen molar-refractivity contribution in [1.29, 1.82) is 0 Å². The molecule has 0 aromatic heterocycles. The van der Waals surface area contributed by atoms with Crippen molar-refractivity contribution in [2.24, 2.45) is 0 Å². The maximum Gasteiger partial charge on any atom is 0.318 e. The molecule has 138 valence electrons. The molecule has 5 nitrogen and oxygen atoms in total. The normalized spacial score (nSPS) is 17.2. The summed E-state index contributed by atoms with van der Waals surface area (Å²) in [6.45, 7) is 4.73. The Morgan fingerprint density at radius 2 is 1.81 bits per heavy atom. The van der Waals surface area contributed by atoms with Crippen molar-refractivity contribution in [3.63, 3.8) is 0 Å². The molecular weight excluding hydrogens is 328 g/mol. The number of rotatable bonds is 4. The first kappa shape index (κ1) is 18.1. The predicted octanol–water partition coefficient (Wildman–Crippen LogP) is 4.09. The number of nitrogens with zero attached hydrogens (tertiary/aromatic N) is 1. The molecule has 2 atom stereocenters. The number of fused-ring (bicyclic) bond motifs is 1. The maximum absolute atomic E-state index is 12.8. The Balaban J connectivity index is 1.78. The molecule has 5 heteroatoms. The average Bonchev–Trinajstić information content (AvgIpc) is 2.67. The molecule has 3 rings (SSSR count). The van der Waals surface area contributed by atoms with Crippen LogP contribution in [0, 0.1) is 0 Å². The fourth-order valence-electron chi connectivity index (χ4n) is 3.52. The smallest absolute Gasteiger partial charge is 0.318 e. The van der Waals surface area contributed by atoms with Gasteiger partial charge in [-0.15, -0.1) is 0 Å². The topological polar surface area (TPSA) is 50.8 Å². The lowest BCUT2D eigenvalue weighted by Gasteiger charge is -2.36. The van der Waals surface area contributed by atoms with E-state index in [2.05, 4.69) is 12.2 Å². The lowest BCUT2D eigenvalue weighted by molar-refractivity contribution is 0.171. The first-order valence-corrected chi connectivity index (χ1v) is 8.92. The van der Waals surface area contributed by atoms with Crippen LogP contribution in [-0.4, -0.2) is 31.7 Å². The fraction of sp³-hybridized carbons (Fsp3) is 0.381. The number of amides is 2. The van der Waals surface area contributed by atoms with Gasteiger partial charge in [0.1, 0.15) is 0 Å². The van der Waals surface area contributed by atoms with Crippen molar-refractivity contribution in [3.8, 4) is 11.5 Å². The maximum atomic E-state index is 12.8. The van der Waals surface area contributed by atoms with E-state index in [0.717, 1.165) is 23.3 Å². The second kappa shape index (κ2) is 7.68. The van der Waals surface area contributed by atoms with E-state index in [1.165, 1.54) is 5.56 Å². The van der Waals surface area contributed by atoms with Gasteiger partial charge in [-0.2, -0.15) is 0 Å². The number of ether oxygens (including phenoxy) is 2. The van der Waals surface area contributed by atoms with E-state index < -0.39 is 0 Å². The van der Waals surface area contributed by atoms with Crippen LogP contribution in [0.2, 0.25) is 0 Å². The first-order chi connectivity index (χ1) is 12.5. The van der Waals surface area contributed by atoms with Gasteiger partial charge >= 0.3 is 6.03 Å². The molecule has 0 fully saturated rings. The second-order valence-corrected chi connectivity index (χ2v) is 6.61. The third-order valence-corrected chi connectivity index (χ3v) is 5.09. The van der Waals surface area contributed by atoms with Gasteiger partial charge in [0, 0.05) is 6.54 Å². The zero-order valence-electron chi connectivity index (χ0n) is 15.8. The highest BCUT2D eigenvalue weighted by Crippen LogP contribution is 2.37. The highest BCUT2D eigenvalue weighted by Gasteiger charge is 2.29. The van der Waals surface area contributed by atoms with Gasteiger partial charge in [0.15, 0.2) is 11.5 Å². The second-order valence-electron chi connectivity index (χ2n) is 6.61. The molecule has 2 aromatic rings. The molecule has 1 aliphatic rings. The summed E-state index contributed by atoms with van der Waals surface area (Å²) in [5.41, 5.74) is 3.41. The molecule has 1 aliphatic heterocycles. The van der Waals surface area contributed by atoms with Crippen LogP contribution in [0.15, 0.2) is 42.5 Å². The Morgan fingerprint density at radius 1 is 1.15 bits per heavy atom. The highest BCUT2D eigenvalue weighted by atomic mass is 16.5. The van der Waals surface area contributed by atoms with Crippen LogP contribution in [-0.2, 0) is 6.42 Å². The molecule has 2 unspecified atom stereocenters.